The number of ether oxygens (including phenoxy) is 1. The Bertz CT molecular complexity index is 577. The number of imidazole rings is 1. The van der Waals surface area contributed by atoms with Crippen LogP contribution in [0.5, 0.6) is 0 Å². The summed E-state index contributed by atoms with van der Waals surface area (Å²) in [5.41, 5.74) is 6.37. The molecule has 0 amide bonds. The van der Waals surface area contributed by atoms with Crippen molar-refractivity contribution in [3.63, 3.8) is 0 Å². The van der Waals surface area contributed by atoms with Gasteiger partial charge in [-0.2, -0.15) is 4.98 Å². The van der Waals surface area contributed by atoms with Crippen LogP contribution in [0.25, 0.3) is 11.5 Å². The number of rotatable bonds is 2. The van der Waals surface area contributed by atoms with Crippen LogP contribution in [-0.2, 0) is 4.74 Å². The predicted octanol–water partition coefficient (Wildman–Crippen LogP) is -0.346. The minimum Gasteiger partial charge on any atom is -0.394 e. The van der Waals surface area contributed by atoms with Crippen molar-refractivity contribution < 1.29 is 14.9 Å². The fraction of sp³-hybridized carbons (Fsp3) is 0.500. The van der Waals surface area contributed by atoms with Gasteiger partial charge in [0.1, 0.15) is 23.9 Å². The molecule has 102 valence electrons. The van der Waals surface area contributed by atoms with Crippen LogP contribution in [0.3, 0.4) is 0 Å². The summed E-state index contributed by atoms with van der Waals surface area (Å²) in [5.74, 6) is 0.556. The molecule has 19 heavy (non-hydrogen) atoms. The van der Waals surface area contributed by atoms with Crippen molar-refractivity contribution in [3.05, 3.63) is 11.6 Å². The maximum atomic E-state index is 9.98. The Kier molecular flexibility index (Phi) is 3.02. The number of nitrogen functional groups attached to an aromatic ring is 1. The lowest BCUT2D eigenvalue weighted by Crippen LogP contribution is -2.24. The fourth-order valence-electron chi connectivity index (χ4n) is 2.20. The number of hydrogen-bond donors (Lipinski definition) is 3. The van der Waals surface area contributed by atoms with Gasteiger partial charge in [-0.3, -0.25) is 4.57 Å². The Balaban J connectivity index is 2.08. The van der Waals surface area contributed by atoms with E-state index < -0.39 is 18.4 Å². The number of nitrogens with two attached hydrogens (primary N) is 1. The standard InChI is InChI=1S/C10H12ClN5O3/c11-10-15-8-6(13-3-14-8)7(12)16(10)9-5(18)1-4(2-17)19-9/h3-5,9,17-18H,1-2,12H2/t4-,5+,9+/m0/s1. The van der Waals surface area contributed by atoms with E-state index in [0.717, 1.165) is 0 Å². The third-order valence-electron chi connectivity index (χ3n) is 3.10. The largest absolute Gasteiger partial charge is 0.394 e. The molecule has 3 aliphatic rings. The molecule has 0 aliphatic carbocycles. The number of hydrogen-bond acceptors (Lipinski definition) is 7. The molecule has 1 saturated heterocycles. The summed E-state index contributed by atoms with van der Waals surface area (Å²) >= 11 is 6.05. The van der Waals surface area contributed by atoms with Crippen LogP contribution < -0.4 is 5.73 Å². The van der Waals surface area contributed by atoms with Gasteiger partial charge in [-0.05, 0) is 11.6 Å². The van der Waals surface area contributed by atoms with Gasteiger partial charge in [0.25, 0.3) is 0 Å². The Morgan fingerprint density at radius 1 is 1.53 bits per heavy atom. The maximum absolute atomic E-state index is 9.98. The molecule has 3 heterocycles. The molecule has 0 saturated carbocycles. The lowest BCUT2D eigenvalue weighted by Gasteiger charge is -2.22. The molecular weight excluding hydrogens is 274 g/mol. The second-order valence-corrected chi connectivity index (χ2v) is 4.65. The molecule has 1 fully saturated rings. The summed E-state index contributed by atoms with van der Waals surface area (Å²) in [5, 5.41) is 19.1. The number of fused-ring (bicyclic) bond motifs is 1. The molecule has 9 heteroatoms. The van der Waals surface area contributed by atoms with E-state index >= 15 is 0 Å². The van der Waals surface area contributed by atoms with E-state index in [4.69, 9.17) is 27.2 Å². The van der Waals surface area contributed by atoms with Gasteiger partial charge < -0.3 is 20.7 Å². The number of aromatic nitrogens is 4. The summed E-state index contributed by atoms with van der Waals surface area (Å²) < 4.78 is 6.87. The molecule has 0 aromatic rings. The Morgan fingerprint density at radius 3 is 3.00 bits per heavy atom. The zero-order valence-electron chi connectivity index (χ0n) is 9.77. The van der Waals surface area contributed by atoms with E-state index in [1.54, 1.807) is 0 Å². The van der Waals surface area contributed by atoms with Crippen molar-refractivity contribution in [2.45, 2.75) is 24.9 Å². The second-order valence-electron chi connectivity index (χ2n) is 4.32. The Labute approximate surface area is 113 Å². The highest BCUT2D eigenvalue weighted by Gasteiger charge is 2.37. The highest BCUT2D eigenvalue weighted by molar-refractivity contribution is 6.28. The van der Waals surface area contributed by atoms with E-state index in [2.05, 4.69) is 15.0 Å². The molecule has 0 unspecified atom stereocenters. The fourth-order valence-corrected chi connectivity index (χ4v) is 2.47. The van der Waals surface area contributed by atoms with Gasteiger partial charge in [0.15, 0.2) is 12.1 Å². The number of aliphatic hydroxyl groups excluding tert-OH is 2. The van der Waals surface area contributed by atoms with Gasteiger partial charge in [0, 0.05) is 6.42 Å². The number of anilines is 1. The molecule has 0 bridgehead atoms. The zero-order valence-corrected chi connectivity index (χ0v) is 10.5. The monoisotopic (exact) mass is 285 g/mol. The molecule has 0 aromatic heterocycles. The van der Waals surface area contributed by atoms with Crippen LogP contribution in [-0.4, -0.2) is 48.5 Å². The molecule has 3 atom stereocenters. The third-order valence-corrected chi connectivity index (χ3v) is 3.37. The lowest BCUT2D eigenvalue weighted by molar-refractivity contribution is -0.0498. The van der Waals surface area contributed by atoms with Crippen molar-refractivity contribution in [1.29, 1.82) is 0 Å². The first kappa shape index (κ1) is 12.5. The normalized spacial score (nSPS) is 27.2. The van der Waals surface area contributed by atoms with Gasteiger partial charge in [-0.1, -0.05) is 0 Å². The average molecular weight is 286 g/mol. The SMILES string of the molecule is Nc1c2ncnc-2nc(Cl)n1[C@@H]1O[C@H](CO)C[C@H]1O. The van der Waals surface area contributed by atoms with Gasteiger partial charge in [-0.25, -0.2) is 9.97 Å². The second kappa shape index (κ2) is 4.57. The topological polar surface area (TPSA) is 119 Å². The summed E-state index contributed by atoms with van der Waals surface area (Å²) in [6.07, 6.45) is -0.446. The third kappa shape index (κ3) is 1.93. The highest BCUT2D eigenvalue weighted by Crippen LogP contribution is 2.35. The van der Waals surface area contributed by atoms with Crippen LogP contribution in [0, 0.1) is 0 Å². The van der Waals surface area contributed by atoms with Crippen LogP contribution >= 0.6 is 11.6 Å². The Morgan fingerprint density at radius 2 is 2.32 bits per heavy atom. The molecule has 0 radical (unpaired) electrons. The summed E-state index contributed by atoms with van der Waals surface area (Å²) in [4.78, 5) is 12.0. The quantitative estimate of drug-likeness (QED) is 0.645. The maximum Gasteiger partial charge on any atom is 0.208 e. The molecule has 3 aliphatic heterocycles. The van der Waals surface area contributed by atoms with Crippen LogP contribution in [0.1, 0.15) is 12.6 Å². The molecule has 0 aromatic carbocycles. The van der Waals surface area contributed by atoms with Crippen molar-refractivity contribution in [3.8, 4) is 11.5 Å². The van der Waals surface area contributed by atoms with Crippen LogP contribution in [0.4, 0.5) is 5.82 Å². The first-order valence-corrected chi connectivity index (χ1v) is 6.08. The first-order chi connectivity index (χ1) is 9.11. The van der Waals surface area contributed by atoms with Crippen molar-refractivity contribution >= 4 is 17.4 Å². The molecule has 8 nitrogen and oxygen atoms in total. The number of nitrogens with zero attached hydrogens (tertiary/aromatic N) is 4. The molecule has 4 N–H and O–H groups in total. The molecule has 0 spiro atoms. The van der Waals surface area contributed by atoms with Gasteiger partial charge in [0.05, 0.1) is 12.7 Å². The number of halogens is 1. The first-order valence-electron chi connectivity index (χ1n) is 5.70. The van der Waals surface area contributed by atoms with Crippen LogP contribution in [0.15, 0.2) is 6.33 Å². The zero-order chi connectivity index (χ0) is 13.6. The van der Waals surface area contributed by atoms with Crippen molar-refractivity contribution in [2.75, 3.05) is 12.3 Å². The summed E-state index contributed by atoms with van der Waals surface area (Å²) in [6.45, 7) is -0.183. The van der Waals surface area contributed by atoms with Crippen LogP contribution in [0.2, 0.25) is 5.28 Å². The van der Waals surface area contributed by atoms with E-state index in [-0.39, 0.29) is 17.7 Å². The lowest BCUT2D eigenvalue weighted by atomic mass is 10.2. The minimum absolute atomic E-state index is 0.0492. The van der Waals surface area contributed by atoms with E-state index in [0.29, 0.717) is 17.9 Å². The van der Waals surface area contributed by atoms with E-state index in [1.807, 2.05) is 0 Å². The summed E-state index contributed by atoms with van der Waals surface area (Å²) in [6, 6.07) is 0. The highest BCUT2D eigenvalue weighted by atomic mass is 35.5. The van der Waals surface area contributed by atoms with E-state index in [1.165, 1.54) is 10.9 Å². The van der Waals surface area contributed by atoms with Gasteiger partial charge in [0.2, 0.25) is 5.28 Å². The molecular formula is C10H12ClN5O3. The summed E-state index contributed by atoms with van der Waals surface area (Å²) in [7, 11) is 0. The minimum atomic E-state index is -0.830. The van der Waals surface area contributed by atoms with E-state index in [9.17, 15) is 5.11 Å². The van der Waals surface area contributed by atoms with Crippen molar-refractivity contribution in [2.24, 2.45) is 0 Å². The Hall–Kier alpha value is -1.48. The van der Waals surface area contributed by atoms with Crippen molar-refractivity contribution in [1.82, 2.24) is 19.5 Å². The number of aliphatic hydroxyl groups is 2. The van der Waals surface area contributed by atoms with Gasteiger partial charge >= 0.3 is 0 Å². The van der Waals surface area contributed by atoms with Gasteiger partial charge in [-0.15, -0.1) is 0 Å². The smallest absolute Gasteiger partial charge is 0.208 e. The predicted molar refractivity (Wildman–Crippen MR) is 65.5 cm³/mol. The molecule has 3 rings (SSSR count). The average Bonchev–Trinajstić information content (AvgIpc) is 2.96.